The molecule has 0 saturated carbocycles. The highest BCUT2D eigenvalue weighted by atomic mass is 16.5. The maximum Gasteiger partial charge on any atom is 0.122 e. The van der Waals surface area contributed by atoms with E-state index in [-0.39, 0.29) is 6.10 Å². The number of ether oxygens (including phenoxy) is 1. The Balaban J connectivity index is 2.73. The summed E-state index contributed by atoms with van der Waals surface area (Å²) in [6, 6.07) is 6.09. The first-order valence-corrected chi connectivity index (χ1v) is 5.33. The summed E-state index contributed by atoms with van der Waals surface area (Å²) >= 11 is 0. The molecule has 15 heavy (non-hydrogen) atoms. The summed E-state index contributed by atoms with van der Waals surface area (Å²) in [6.45, 7) is 6.06. The van der Waals surface area contributed by atoms with E-state index in [9.17, 15) is 4.79 Å². The quantitative estimate of drug-likeness (QED) is 0.692. The van der Waals surface area contributed by atoms with E-state index in [0.717, 1.165) is 24.0 Å². The lowest BCUT2D eigenvalue weighted by molar-refractivity contribution is -0.107. The van der Waals surface area contributed by atoms with Gasteiger partial charge in [-0.1, -0.05) is 12.1 Å². The predicted octanol–water partition coefficient (Wildman–Crippen LogP) is 2.91. The summed E-state index contributed by atoms with van der Waals surface area (Å²) in [4.78, 5) is 10.3. The van der Waals surface area contributed by atoms with Crippen molar-refractivity contribution in [2.24, 2.45) is 0 Å². The third kappa shape index (κ3) is 3.74. The number of rotatable bonds is 5. The molecule has 0 amide bonds. The molecular formula is C13H18O2. The van der Waals surface area contributed by atoms with E-state index in [4.69, 9.17) is 4.74 Å². The number of aryl methyl sites for hydroxylation is 2. The number of hydrogen-bond donors (Lipinski definition) is 0. The van der Waals surface area contributed by atoms with Crippen LogP contribution in [0, 0.1) is 6.92 Å². The largest absolute Gasteiger partial charge is 0.491 e. The first-order chi connectivity index (χ1) is 7.13. The van der Waals surface area contributed by atoms with E-state index in [1.54, 1.807) is 0 Å². The zero-order valence-electron chi connectivity index (χ0n) is 9.62. The lowest BCUT2D eigenvalue weighted by Gasteiger charge is -2.13. The average Bonchev–Trinajstić information content (AvgIpc) is 2.18. The molecule has 0 saturated heterocycles. The Bertz CT molecular complexity index is 329. The fourth-order valence-electron chi connectivity index (χ4n) is 1.48. The van der Waals surface area contributed by atoms with Crippen LogP contribution in [0.3, 0.4) is 0 Å². The first kappa shape index (κ1) is 11.8. The van der Waals surface area contributed by atoms with Gasteiger partial charge in [0.2, 0.25) is 0 Å². The second-order valence-corrected chi connectivity index (χ2v) is 3.97. The van der Waals surface area contributed by atoms with Gasteiger partial charge in [0.1, 0.15) is 12.0 Å². The Morgan fingerprint density at radius 3 is 2.67 bits per heavy atom. The third-order valence-electron chi connectivity index (χ3n) is 2.15. The van der Waals surface area contributed by atoms with Crippen LogP contribution in [-0.2, 0) is 11.2 Å². The lowest BCUT2D eigenvalue weighted by atomic mass is 10.1. The van der Waals surface area contributed by atoms with Crippen LogP contribution in [0.4, 0.5) is 0 Å². The van der Waals surface area contributed by atoms with E-state index in [0.29, 0.717) is 6.42 Å². The van der Waals surface area contributed by atoms with Gasteiger partial charge in [0.25, 0.3) is 0 Å². The summed E-state index contributed by atoms with van der Waals surface area (Å²) in [5.41, 5.74) is 2.32. The molecule has 0 bridgehead atoms. The fraction of sp³-hybridized carbons (Fsp3) is 0.462. The summed E-state index contributed by atoms with van der Waals surface area (Å²) < 4.78 is 5.63. The Hall–Kier alpha value is -1.31. The van der Waals surface area contributed by atoms with Crippen molar-refractivity contribution >= 4 is 6.29 Å². The summed E-state index contributed by atoms with van der Waals surface area (Å²) in [5, 5.41) is 0. The van der Waals surface area contributed by atoms with Gasteiger partial charge in [-0.05, 0) is 44.4 Å². The standard InChI is InChI=1S/C13H18O2/c1-10(2)15-13-7-6-12(5-4-8-14)9-11(13)3/h6-10H,4-5H2,1-3H3. The van der Waals surface area contributed by atoms with E-state index in [1.165, 1.54) is 5.56 Å². The van der Waals surface area contributed by atoms with Crippen LogP contribution in [0.15, 0.2) is 18.2 Å². The van der Waals surface area contributed by atoms with Crippen LogP contribution in [-0.4, -0.2) is 12.4 Å². The highest BCUT2D eigenvalue weighted by Gasteiger charge is 2.02. The zero-order chi connectivity index (χ0) is 11.3. The first-order valence-electron chi connectivity index (χ1n) is 5.33. The van der Waals surface area contributed by atoms with Crippen LogP contribution in [0.25, 0.3) is 0 Å². The molecule has 0 heterocycles. The van der Waals surface area contributed by atoms with E-state index >= 15 is 0 Å². The molecule has 2 heteroatoms. The molecule has 0 aromatic heterocycles. The molecule has 1 rings (SSSR count). The number of carbonyl (C=O) groups is 1. The van der Waals surface area contributed by atoms with Crippen molar-refractivity contribution in [3.63, 3.8) is 0 Å². The molecule has 0 N–H and O–H groups in total. The molecule has 0 unspecified atom stereocenters. The van der Waals surface area contributed by atoms with Gasteiger partial charge in [-0.2, -0.15) is 0 Å². The van der Waals surface area contributed by atoms with Crippen molar-refractivity contribution in [1.82, 2.24) is 0 Å². The van der Waals surface area contributed by atoms with Crippen molar-refractivity contribution < 1.29 is 9.53 Å². The van der Waals surface area contributed by atoms with Gasteiger partial charge in [0.05, 0.1) is 6.10 Å². The molecule has 1 aromatic rings. The van der Waals surface area contributed by atoms with E-state index in [1.807, 2.05) is 32.9 Å². The van der Waals surface area contributed by atoms with Crippen LogP contribution in [0.2, 0.25) is 0 Å². The molecule has 0 spiro atoms. The normalized spacial score (nSPS) is 10.4. The molecule has 0 radical (unpaired) electrons. The number of hydrogen-bond acceptors (Lipinski definition) is 2. The molecule has 82 valence electrons. The highest BCUT2D eigenvalue weighted by Crippen LogP contribution is 2.20. The molecule has 0 fully saturated rings. The lowest BCUT2D eigenvalue weighted by Crippen LogP contribution is -2.06. The zero-order valence-corrected chi connectivity index (χ0v) is 9.62. The predicted molar refractivity (Wildman–Crippen MR) is 61.3 cm³/mol. The third-order valence-corrected chi connectivity index (χ3v) is 2.15. The van der Waals surface area contributed by atoms with E-state index < -0.39 is 0 Å². The van der Waals surface area contributed by atoms with Crippen molar-refractivity contribution in [2.45, 2.75) is 39.7 Å². The summed E-state index contributed by atoms with van der Waals surface area (Å²) in [6.07, 6.45) is 2.55. The SMILES string of the molecule is Cc1cc(CCC=O)ccc1OC(C)C. The second-order valence-electron chi connectivity index (χ2n) is 3.97. The minimum absolute atomic E-state index is 0.199. The molecule has 0 aliphatic heterocycles. The minimum Gasteiger partial charge on any atom is -0.491 e. The number of aldehydes is 1. The minimum atomic E-state index is 0.199. The Kier molecular flexibility index (Phi) is 4.35. The van der Waals surface area contributed by atoms with Crippen molar-refractivity contribution in [3.05, 3.63) is 29.3 Å². The molecular weight excluding hydrogens is 188 g/mol. The van der Waals surface area contributed by atoms with Crippen molar-refractivity contribution in [2.75, 3.05) is 0 Å². The van der Waals surface area contributed by atoms with Gasteiger partial charge in [0, 0.05) is 6.42 Å². The Morgan fingerprint density at radius 2 is 2.13 bits per heavy atom. The van der Waals surface area contributed by atoms with Gasteiger partial charge >= 0.3 is 0 Å². The van der Waals surface area contributed by atoms with Gasteiger partial charge in [0.15, 0.2) is 0 Å². The van der Waals surface area contributed by atoms with Crippen molar-refractivity contribution in [3.8, 4) is 5.75 Å². The van der Waals surface area contributed by atoms with E-state index in [2.05, 4.69) is 6.07 Å². The van der Waals surface area contributed by atoms with Crippen molar-refractivity contribution in [1.29, 1.82) is 0 Å². The Morgan fingerprint density at radius 1 is 1.40 bits per heavy atom. The van der Waals surface area contributed by atoms with Gasteiger partial charge in [-0.25, -0.2) is 0 Å². The average molecular weight is 206 g/mol. The maximum absolute atomic E-state index is 10.3. The second kappa shape index (κ2) is 5.54. The van der Waals surface area contributed by atoms with Crippen LogP contribution in [0.5, 0.6) is 5.75 Å². The fourth-order valence-corrected chi connectivity index (χ4v) is 1.48. The highest BCUT2D eigenvalue weighted by molar-refractivity contribution is 5.50. The smallest absolute Gasteiger partial charge is 0.122 e. The van der Waals surface area contributed by atoms with Gasteiger partial charge < -0.3 is 9.53 Å². The van der Waals surface area contributed by atoms with Crippen LogP contribution >= 0.6 is 0 Å². The Labute approximate surface area is 91.3 Å². The molecule has 2 nitrogen and oxygen atoms in total. The topological polar surface area (TPSA) is 26.3 Å². The molecule has 0 atom stereocenters. The van der Waals surface area contributed by atoms with Gasteiger partial charge in [-0.15, -0.1) is 0 Å². The summed E-state index contributed by atoms with van der Waals surface area (Å²) in [7, 11) is 0. The van der Waals surface area contributed by atoms with Gasteiger partial charge in [-0.3, -0.25) is 0 Å². The number of carbonyl (C=O) groups excluding carboxylic acids is 1. The van der Waals surface area contributed by atoms with Crippen LogP contribution < -0.4 is 4.74 Å². The molecule has 0 aliphatic carbocycles. The number of benzene rings is 1. The maximum atomic E-state index is 10.3. The molecule has 1 aromatic carbocycles. The molecule has 0 aliphatic rings. The van der Waals surface area contributed by atoms with Crippen LogP contribution in [0.1, 0.15) is 31.4 Å². The monoisotopic (exact) mass is 206 g/mol. The summed E-state index contributed by atoms with van der Waals surface area (Å²) in [5.74, 6) is 0.930.